The number of carbonyl (C=O) groups excluding carboxylic acids is 2. The van der Waals surface area contributed by atoms with Gasteiger partial charge >= 0.3 is 0 Å². The van der Waals surface area contributed by atoms with Crippen LogP contribution in [-0.4, -0.2) is 54.2 Å². The zero-order chi connectivity index (χ0) is 16.1. The van der Waals surface area contributed by atoms with E-state index in [1.54, 1.807) is 30.2 Å². The summed E-state index contributed by atoms with van der Waals surface area (Å²) in [6.07, 6.45) is -0.201. The Kier molecular flexibility index (Phi) is 5.51. The molecule has 0 aromatic heterocycles. The summed E-state index contributed by atoms with van der Waals surface area (Å²) >= 11 is 0. The minimum Gasteiger partial charge on any atom is -0.389 e. The van der Waals surface area contributed by atoms with Gasteiger partial charge in [0.25, 0.3) is 5.91 Å². The van der Waals surface area contributed by atoms with E-state index < -0.39 is 6.10 Å². The molecule has 1 aromatic carbocycles. The Morgan fingerprint density at radius 3 is 2.86 bits per heavy atom. The highest BCUT2D eigenvalue weighted by Crippen LogP contribution is 2.13. The topological polar surface area (TPSA) is 78.9 Å². The standard InChI is InChI=1S/C16H22N2O4/c1-11(19)18-7-6-14(15(20)9-18)17-16(21)13-5-3-4-12(8-13)10-22-2/h3-5,8,14-15,20H,6-7,9-10H2,1-2H3,(H,17,21)/t14-,15-/m1/s1. The van der Waals surface area contributed by atoms with Gasteiger partial charge in [0, 0.05) is 32.7 Å². The number of β-amino-alcohol motifs (C(OH)–C–C–N with tert-alkyl or cyclic N) is 1. The van der Waals surface area contributed by atoms with Crippen LogP contribution in [0.2, 0.25) is 0 Å². The number of aliphatic hydroxyl groups is 1. The van der Waals surface area contributed by atoms with Crippen LogP contribution in [0.4, 0.5) is 0 Å². The number of ether oxygens (including phenoxy) is 1. The number of hydrogen-bond acceptors (Lipinski definition) is 4. The van der Waals surface area contributed by atoms with Crippen molar-refractivity contribution in [3.8, 4) is 0 Å². The van der Waals surface area contributed by atoms with Crippen LogP contribution in [0.5, 0.6) is 0 Å². The molecule has 1 aliphatic heterocycles. The second kappa shape index (κ2) is 7.38. The van der Waals surface area contributed by atoms with E-state index in [1.807, 2.05) is 6.07 Å². The van der Waals surface area contributed by atoms with Crippen molar-refractivity contribution in [2.75, 3.05) is 20.2 Å². The first-order valence-corrected chi connectivity index (χ1v) is 7.33. The highest BCUT2D eigenvalue weighted by molar-refractivity contribution is 5.94. The van der Waals surface area contributed by atoms with Gasteiger partial charge in [0.15, 0.2) is 0 Å². The first-order chi connectivity index (χ1) is 10.5. The van der Waals surface area contributed by atoms with Crippen molar-refractivity contribution in [1.82, 2.24) is 10.2 Å². The fourth-order valence-electron chi connectivity index (χ4n) is 2.61. The SMILES string of the molecule is COCc1cccc(C(=O)N[C@@H]2CCN(C(C)=O)C[C@H]2O)c1. The molecule has 2 N–H and O–H groups in total. The lowest BCUT2D eigenvalue weighted by Gasteiger charge is -2.35. The third kappa shape index (κ3) is 4.05. The first kappa shape index (κ1) is 16.5. The van der Waals surface area contributed by atoms with Crippen LogP contribution in [0, 0.1) is 0 Å². The summed E-state index contributed by atoms with van der Waals surface area (Å²) in [6, 6.07) is 6.86. The van der Waals surface area contributed by atoms with Crippen LogP contribution in [0.25, 0.3) is 0 Å². The molecule has 6 nitrogen and oxygen atoms in total. The molecule has 1 heterocycles. The minimum atomic E-state index is -0.747. The molecule has 22 heavy (non-hydrogen) atoms. The van der Waals surface area contributed by atoms with E-state index in [4.69, 9.17) is 4.74 Å². The van der Waals surface area contributed by atoms with Crippen molar-refractivity contribution in [3.05, 3.63) is 35.4 Å². The van der Waals surface area contributed by atoms with Gasteiger partial charge in [-0.05, 0) is 24.1 Å². The second-order valence-electron chi connectivity index (χ2n) is 5.53. The molecule has 0 aliphatic carbocycles. The Morgan fingerprint density at radius 2 is 2.23 bits per heavy atom. The van der Waals surface area contributed by atoms with Gasteiger partial charge in [-0.1, -0.05) is 12.1 Å². The summed E-state index contributed by atoms with van der Waals surface area (Å²) in [5.74, 6) is -0.283. The molecule has 2 amide bonds. The molecule has 0 unspecified atom stereocenters. The van der Waals surface area contributed by atoms with Crippen molar-refractivity contribution in [1.29, 1.82) is 0 Å². The number of aliphatic hydroxyl groups excluding tert-OH is 1. The average molecular weight is 306 g/mol. The van der Waals surface area contributed by atoms with Crippen LogP contribution >= 0.6 is 0 Å². The number of likely N-dealkylation sites (tertiary alicyclic amines) is 1. The third-order valence-corrected chi connectivity index (χ3v) is 3.84. The lowest BCUT2D eigenvalue weighted by Crippen LogP contribution is -2.55. The molecular formula is C16H22N2O4. The maximum atomic E-state index is 12.3. The van der Waals surface area contributed by atoms with Crippen molar-refractivity contribution in [3.63, 3.8) is 0 Å². The zero-order valence-corrected chi connectivity index (χ0v) is 12.9. The van der Waals surface area contributed by atoms with Gasteiger partial charge in [-0.2, -0.15) is 0 Å². The van der Waals surface area contributed by atoms with Crippen molar-refractivity contribution >= 4 is 11.8 Å². The number of benzene rings is 1. The van der Waals surface area contributed by atoms with Gasteiger partial charge in [-0.3, -0.25) is 9.59 Å². The highest BCUT2D eigenvalue weighted by Gasteiger charge is 2.30. The number of carbonyl (C=O) groups is 2. The molecule has 1 saturated heterocycles. The Hall–Kier alpha value is -1.92. The van der Waals surface area contributed by atoms with Crippen LogP contribution in [-0.2, 0) is 16.1 Å². The van der Waals surface area contributed by atoms with Gasteiger partial charge in [-0.25, -0.2) is 0 Å². The van der Waals surface area contributed by atoms with Crippen LogP contribution in [0.1, 0.15) is 29.3 Å². The number of nitrogens with one attached hydrogen (secondary N) is 1. The molecule has 1 aliphatic rings. The zero-order valence-electron chi connectivity index (χ0n) is 12.9. The fourth-order valence-corrected chi connectivity index (χ4v) is 2.61. The Morgan fingerprint density at radius 1 is 1.45 bits per heavy atom. The van der Waals surface area contributed by atoms with Gasteiger partial charge in [0.2, 0.25) is 5.91 Å². The Labute approximate surface area is 130 Å². The largest absolute Gasteiger partial charge is 0.389 e. The van der Waals surface area contributed by atoms with E-state index in [0.29, 0.717) is 25.1 Å². The summed E-state index contributed by atoms with van der Waals surface area (Å²) in [7, 11) is 1.60. The smallest absolute Gasteiger partial charge is 0.251 e. The number of amides is 2. The summed E-state index contributed by atoms with van der Waals surface area (Å²) < 4.78 is 5.05. The van der Waals surface area contributed by atoms with Gasteiger partial charge in [0.1, 0.15) is 0 Å². The molecule has 6 heteroatoms. The monoisotopic (exact) mass is 306 g/mol. The van der Waals surface area contributed by atoms with E-state index in [2.05, 4.69) is 5.32 Å². The number of piperidine rings is 1. The Balaban J connectivity index is 1.97. The lowest BCUT2D eigenvalue weighted by atomic mass is 10.0. The molecule has 2 rings (SSSR count). The number of nitrogens with zero attached hydrogens (tertiary/aromatic N) is 1. The number of methoxy groups -OCH3 is 1. The molecule has 1 aromatic rings. The maximum absolute atomic E-state index is 12.3. The molecule has 0 radical (unpaired) electrons. The summed E-state index contributed by atoms with van der Waals surface area (Å²) in [6.45, 7) is 2.72. The summed E-state index contributed by atoms with van der Waals surface area (Å²) in [5.41, 5.74) is 1.46. The summed E-state index contributed by atoms with van der Waals surface area (Å²) in [5, 5.41) is 12.9. The predicted molar refractivity (Wildman–Crippen MR) is 81.3 cm³/mol. The minimum absolute atomic E-state index is 0.0592. The van der Waals surface area contributed by atoms with Crippen molar-refractivity contribution < 1.29 is 19.4 Å². The van der Waals surface area contributed by atoms with Gasteiger partial charge in [0.05, 0.1) is 18.8 Å². The van der Waals surface area contributed by atoms with E-state index in [0.717, 1.165) is 5.56 Å². The molecule has 2 atom stereocenters. The molecule has 0 spiro atoms. The van der Waals surface area contributed by atoms with Crippen LogP contribution in [0.15, 0.2) is 24.3 Å². The summed E-state index contributed by atoms with van der Waals surface area (Å²) in [4.78, 5) is 25.2. The third-order valence-electron chi connectivity index (χ3n) is 3.84. The Bertz CT molecular complexity index is 547. The molecular weight excluding hydrogens is 284 g/mol. The fraction of sp³-hybridized carbons (Fsp3) is 0.500. The predicted octanol–water partition coefficient (Wildman–Crippen LogP) is 0.544. The van der Waals surface area contributed by atoms with Crippen LogP contribution in [0.3, 0.4) is 0 Å². The molecule has 120 valence electrons. The van der Waals surface area contributed by atoms with E-state index in [1.165, 1.54) is 6.92 Å². The van der Waals surface area contributed by atoms with Gasteiger partial charge < -0.3 is 20.1 Å². The highest BCUT2D eigenvalue weighted by atomic mass is 16.5. The average Bonchev–Trinajstić information content (AvgIpc) is 2.49. The molecule has 0 saturated carbocycles. The quantitative estimate of drug-likeness (QED) is 0.851. The maximum Gasteiger partial charge on any atom is 0.251 e. The normalized spacial score (nSPS) is 21.5. The number of hydrogen-bond donors (Lipinski definition) is 2. The molecule has 1 fully saturated rings. The second-order valence-corrected chi connectivity index (χ2v) is 5.53. The van der Waals surface area contributed by atoms with E-state index >= 15 is 0 Å². The van der Waals surface area contributed by atoms with E-state index in [-0.39, 0.29) is 24.4 Å². The van der Waals surface area contributed by atoms with Crippen LogP contribution < -0.4 is 5.32 Å². The number of rotatable bonds is 4. The first-order valence-electron chi connectivity index (χ1n) is 7.33. The van der Waals surface area contributed by atoms with E-state index in [9.17, 15) is 14.7 Å². The van der Waals surface area contributed by atoms with Gasteiger partial charge in [-0.15, -0.1) is 0 Å². The van der Waals surface area contributed by atoms with Crippen molar-refractivity contribution in [2.24, 2.45) is 0 Å². The lowest BCUT2D eigenvalue weighted by molar-refractivity contribution is -0.132. The molecule has 0 bridgehead atoms. The van der Waals surface area contributed by atoms with Crippen molar-refractivity contribution in [2.45, 2.75) is 32.1 Å².